The highest BCUT2D eigenvalue weighted by molar-refractivity contribution is 6.09. The van der Waals surface area contributed by atoms with Crippen molar-refractivity contribution in [3.63, 3.8) is 0 Å². The van der Waals surface area contributed by atoms with E-state index in [1.165, 1.54) is 37.5 Å². The Kier molecular flexibility index (Phi) is 7.53. The van der Waals surface area contributed by atoms with Gasteiger partial charge in [0.15, 0.2) is 11.5 Å². The molecule has 3 aromatic rings. The normalized spacial score (nSPS) is 11.5. The molecule has 9 heteroatoms. The molecule has 5 nitrogen and oxygen atoms in total. The number of rotatable bonds is 7. The van der Waals surface area contributed by atoms with Crippen LogP contribution < -0.4 is 14.8 Å². The summed E-state index contributed by atoms with van der Waals surface area (Å²) < 4.78 is 62.9. The van der Waals surface area contributed by atoms with Crippen LogP contribution in [0.2, 0.25) is 0 Å². The third kappa shape index (κ3) is 6.36. The van der Waals surface area contributed by atoms with Gasteiger partial charge in [-0.25, -0.2) is 4.39 Å². The van der Waals surface area contributed by atoms with Gasteiger partial charge in [-0.2, -0.15) is 18.4 Å². The summed E-state index contributed by atoms with van der Waals surface area (Å²) >= 11 is 0. The molecule has 0 aliphatic heterocycles. The van der Waals surface area contributed by atoms with Gasteiger partial charge < -0.3 is 14.8 Å². The summed E-state index contributed by atoms with van der Waals surface area (Å²) in [5, 5.41) is 11.7. The molecule has 0 bridgehead atoms. The van der Waals surface area contributed by atoms with Crippen molar-refractivity contribution in [1.29, 1.82) is 5.26 Å². The van der Waals surface area contributed by atoms with Gasteiger partial charge in [0, 0.05) is 5.69 Å². The summed E-state index contributed by atoms with van der Waals surface area (Å²) in [7, 11) is 1.41. The van der Waals surface area contributed by atoms with Crippen LogP contribution in [0.1, 0.15) is 16.7 Å². The van der Waals surface area contributed by atoms with E-state index in [0.717, 1.165) is 18.2 Å². The van der Waals surface area contributed by atoms with E-state index in [4.69, 9.17) is 9.47 Å². The van der Waals surface area contributed by atoms with Crippen LogP contribution >= 0.6 is 0 Å². The number of alkyl halides is 3. The maximum Gasteiger partial charge on any atom is 0.416 e. The Morgan fingerprint density at radius 3 is 2.50 bits per heavy atom. The van der Waals surface area contributed by atoms with Crippen LogP contribution in [-0.4, -0.2) is 13.0 Å². The average Bonchev–Trinajstić information content (AvgIpc) is 2.81. The lowest BCUT2D eigenvalue weighted by atomic mass is 10.1. The second kappa shape index (κ2) is 10.5. The lowest BCUT2D eigenvalue weighted by Crippen LogP contribution is -2.14. The maximum atomic E-state index is 13.3. The van der Waals surface area contributed by atoms with Crippen LogP contribution in [0.25, 0.3) is 6.08 Å². The minimum atomic E-state index is -4.57. The molecule has 0 saturated heterocycles. The van der Waals surface area contributed by atoms with Gasteiger partial charge in [-0.05, 0) is 59.7 Å². The number of anilines is 1. The van der Waals surface area contributed by atoms with Crippen molar-refractivity contribution >= 4 is 17.7 Å². The molecule has 174 valence electrons. The number of ether oxygens (including phenoxy) is 2. The predicted molar refractivity (Wildman–Crippen MR) is 117 cm³/mol. The average molecular weight is 470 g/mol. The van der Waals surface area contributed by atoms with Gasteiger partial charge in [0.1, 0.15) is 24.1 Å². The van der Waals surface area contributed by atoms with Crippen LogP contribution in [0.4, 0.5) is 23.2 Å². The van der Waals surface area contributed by atoms with Crippen molar-refractivity contribution in [3.05, 3.63) is 94.8 Å². The number of hydrogen-bond donors (Lipinski definition) is 1. The summed E-state index contributed by atoms with van der Waals surface area (Å²) in [6.45, 7) is 0.0894. The number of amides is 1. The summed E-state index contributed by atoms with van der Waals surface area (Å²) in [5.74, 6) is -0.593. The maximum absolute atomic E-state index is 13.3. The first-order valence-electron chi connectivity index (χ1n) is 9.85. The Bertz CT molecular complexity index is 1260. The molecule has 1 amide bonds. The van der Waals surface area contributed by atoms with Gasteiger partial charge in [0.2, 0.25) is 0 Å². The van der Waals surface area contributed by atoms with Crippen molar-refractivity contribution in [2.24, 2.45) is 0 Å². The fraction of sp³-hybridized carbons (Fsp3) is 0.120. The van der Waals surface area contributed by atoms with E-state index in [2.05, 4.69) is 5.32 Å². The van der Waals surface area contributed by atoms with Crippen molar-refractivity contribution in [2.75, 3.05) is 12.4 Å². The van der Waals surface area contributed by atoms with Crippen molar-refractivity contribution in [1.82, 2.24) is 0 Å². The Hall–Kier alpha value is -4.32. The molecule has 0 spiro atoms. The second-order valence-corrected chi connectivity index (χ2v) is 7.03. The minimum absolute atomic E-state index is 0.0894. The largest absolute Gasteiger partial charge is 0.493 e. The van der Waals surface area contributed by atoms with Gasteiger partial charge >= 0.3 is 6.18 Å². The number of halogens is 4. The van der Waals surface area contributed by atoms with Crippen LogP contribution in [0.3, 0.4) is 0 Å². The number of carbonyl (C=O) groups excluding carboxylic acids is 1. The van der Waals surface area contributed by atoms with Gasteiger partial charge in [-0.15, -0.1) is 0 Å². The molecule has 0 fully saturated rings. The third-order valence-electron chi connectivity index (χ3n) is 4.59. The van der Waals surface area contributed by atoms with E-state index < -0.39 is 17.6 Å². The molecule has 0 unspecified atom stereocenters. The zero-order valence-corrected chi connectivity index (χ0v) is 17.8. The number of hydrogen-bond acceptors (Lipinski definition) is 4. The van der Waals surface area contributed by atoms with E-state index >= 15 is 0 Å². The Morgan fingerprint density at radius 2 is 1.82 bits per heavy atom. The molecule has 0 aliphatic rings. The molecular weight excluding hydrogens is 452 g/mol. The predicted octanol–water partition coefficient (Wildman–Crippen LogP) is 5.98. The quantitative estimate of drug-likeness (QED) is 0.262. The fourth-order valence-electron chi connectivity index (χ4n) is 2.97. The van der Waals surface area contributed by atoms with Gasteiger partial charge in [0.25, 0.3) is 5.91 Å². The van der Waals surface area contributed by atoms with Gasteiger partial charge in [-0.1, -0.05) is 24.3 Å². The Labute approximate surface area is 192 Å². The van der Waals surface area contributed by atoms with Crippen molar-refractivity contribution in [3.8, 4) is 17.6 Å². The topological polar surface area (TPSA) is 71.3 Å². The van der Waals surface area contributed by atoms with Crippen molar-refractivity contribution in [2.45, 2.75) is 12.8 Å². The Morgan fingerprint density at radius 1 is 1.06 bits per heavy atom. The number of carbonyl (C=O) groups is 1. The summed E-state index contributed by atoms with van der Waals surface area (Å²) in [5.41, 5.74) is -0.311. The molecule has 3 rings (SSSR count). The zero-order chi connectivity index (χ0) is 24.7. The van der Waals surface area contributed by atoms with E-state index in [0.29, 0.717) is 22.6 Å². The molecule has 0 aromatic heterocycles. The first-order chi connectivity index (χ1) is 16.2. The first kappa shape index (κ1) is 24.3. The number of nitriles is 1. The second-order valence-electron chi connectivity index (χ2n) is 7.03. The highest BCUT2D eigenvalue weighted by Crippen LogP contribution is 2.31. The lowest BCUT2D eigenvalue weighted by molar-refractivity contribution is -0.137. The zero-order valence-electron chi connectivity index (χ0n) is 17.8. The lowest BCUT2D eigenvalue weighted by Gasteiger charge is -2.12. The molecule has 3 aromatic carbocycles. The summed E-state index contributed by atoms with van der Waals surface area (Å²) in [6.07, 6.45) is -3.30. The third-order valence-corrected chi connectivity index (χ3v) is 4.59. The monoisotopic (exact) mass is 470 g/mol. The summed E-state index contributed by atoms with van der Waals surface area (Å²) in [6, 6.07) is 16.4. The number of benzene rings is 3. The fourth-order valence-corrected chi connectivity index (χ4v) is 2.97. The minimum Gasteiger partial charge on any atom is -0.493 e. The van der Waals surface area contributed by atoms with Crippen LogP contribution in [-0.2, 0) is 17.6 Å². The standard InChI is InChI=1S/C25H18F4N2O3/c1-33-23-12-16(8-9-22(23)34-15-17-4-2-6-20(26)11-17)10-18(14-30)24(32)31-21-7-3-5-19(13-21)25(27,28)29/h2-13H,15H2,1H3,(H,31,32)/b18-10+. The first-order valence-corrected chi connectivity index (χ1v) is 9.85. The smallest absolute Gasteiger partial charge is 0.416 e. The highest BCUT2D eigenvalue weighted by Gasteiger charge is 2.30. The number of methoxy groups -OCH3 is 1. The molecule has 0 radical (unpaired) electrons. The van der Waals surface area contributed by atoms with Gasteiger partial charge in [-0.3, -0.25) is 4.79 Å². The van der Waals surface area contributed by atoms with E-state index in [-0.39, 0.29) is 23.7 Å². The van der Waals surface area contributed by atoms with Crippen molar-refractivity contribution < 1.29 is 31.8 Å². The van der Waals surface area contributed by atoms with E-state index in [9.17, 15) is 27.6 Å². The number of nitrogens with one attached hydrogen (secondary N) is 1. The SMILES string of the molecule is COc1cc(/C=C(\C#N)C(=O)Nc2cccc(C(F)(F)F)c2)ccc1OCc1cccc(F)c1. The highest BCUT2D eigenvalue weighted by atomic mass is 19.4. The molecule has 34 heavy (non-hydrogen) atoms. The van der Waals surface area contributed by atoms with Crippen LogP contribution in [0, 0.1) is 17.1 Å². The summed E-state index contributed by atoms with van der Waals surface area (Å²) in [4.78, 5) is 12.4. The molecular formula is C25H18F4N2O3. The Balaban J connectivity index is 1.76. The van der Waals surface area contributed by atoms with Gasteiger partial charge in [0.05, 0.1) is 12.7 Å². The molecule has 0 heterocycles. The van der Waals surface area contributed by atoms with E-state index in [1.54, 1.807) is 30.3 Å². The number of nitrogens with zero attached hydrogens (tertiary/aromatic N) is 1. The molecule has 1 N–H and O–H groups in total. The molecule has 0 saturated carbocycles. The van der Waals surface area contributed by atoms with Crippen LogP contribution in [0.15, 0.2) is 72.3 Å². The molecule has 0 aliphatic carbocycles. The van der Waals surface area contributed by atoms with Crippen LogP contribution in [0.5, 0.6) is 11.5 Å². The molecule has 0 atom stereocenters. The van der Waals surface area contributed by atoms with E-state index in [1.807, 2.05) is 0 Å².